The number of halogens is 1. The zero-order chi connectivity index (χ0) is 15.4. The summed E-state index contributed by atoms with van der Waals surface area (Å²) in [6.45, 7) is 7.24. The average Bonchev–Trinajstić information content (AvgIpc) is 3.08. The number of nitrogens with two attached hydrogens (primary N) is 1. The normalized spacial score (nSPS) is 19.8. The Bertz CT molecular complexity index is 502. The largest absolute Gasteiger partial charge is 0.370 e. The van der Waals surface area contributed by atoms with Crippen LogP contribution < -0.4 is 10.6 Å². The number of hydrogen-bond acceptors (Lipinski definition) is 3. The third kappa shape index (κ3) is 4.96. The highest BCUT2D eigenvalue weighted by Gasteiger charge is 2.17. The molecule has 1 aromatic heterocycles. The third-order valence-corrected chi connectivity index (χ3v) is 4.77. The number of hydrogen-bond donors (Lipinski definition) is 1. The molecular weight excluding hydrogens is 401 g/mol. The molecule has 0 atom stereocenters. The second kappa shape index (κ2) is 8.70. The van der Waals surface area contributed by atoms with Gasteiger partial charge < -0.3 is 15.5 Å². The maximum Gasteiger partial charge on any atom is 0.191 e. The van der Waals surface area contributed by atoms with Crippen molar-refractivity contribution in [3.8, 4) is 0 Å². The minimum Gasteiger partial charge on any atom is -0.370 e. The zero-order valence-corrected chi connectivity index (χ0v) is 16.3. The maximum absolute atomic E-state index is 6.12. The summed E-state index contributed by atoms with van der Waals surface area (Å²) in [6, 6.07) is 4.23. The van der Waals surface area contributed by atoms with E-state index in [2.05, 4.69) is 38.8 Å². The van der Waals surface area contributed by atoms with E-state index in [1.165, 1.54) is 25.7 Å². The van der Waals surface area contributed by atoms with Gasteiger partial charge in [0.15, 0.2) is 5.96 Å². The van der Waals surface area contributed by atoms with Crippen molar-refractivity contribution in [2.45, 2.75) is 39.2 Å². The summed E-state index contributed by atoms with van der Waals surface area (Å²) in [4.78, 5) is 13.6. The van der Waals surface area contributed by atoms with E-state index in [0.717, 1.165) is 43.5 Å². The summed E-state index contributed by atoms with van der Waals surface area (Å²) in [5.74, 6) is 2.57. The first-order chi connectivity index (χ1) is 10.7. The van der Waals surface area contributed by atoms with Gasteiger partial charge in [0.1, 0.15) is 5.82 Å². The van der Waals surface area contributed by atoms with Crippen molar-refractivity contribution in [3.05, 3.63) is 23.9 Å². The van der Waals surface area contributed by atoms with Crippen LogP contribution in [0.5, 0.6) is 0 Å². The lowest BCUT2D eigenvalue weighted by Crippen LogP contribution is -2.42. The molecule has 3 heterocycles. The SMILES string of the molecule is CC1CCN(C(N)=NCc2ccc(N3CCCC3)nc2)CC1.I. The van der Waals surface area contributed by atoms with Gasteiger partial charge in [-0.2, -0.15) is 0 Å². The zero-order valence-electron chi connectivity index (χ0n) is 13.9. The molecule has 0 aliphatic carbocycles. The van der Waals surface area contributed by atoms with Gasteiger partial charge in [0.2, 0.25) is 0 Å². The molecule has 6 heteroatoms. The molecule has 2 aliphatic rings. The van der Waals surface area contributed by atoms with Gasteiger partial charge >= 0.3 is 0 Å². The van der Waals surface area contributed by atoms with E-state index < -0.39 is 0 Å². The number of aliphatic imine (C=N–C) groups is 1. The van der Waals surface area contributed by atoms with Crippen LogP contribution in [0.2, 0.25) is 0 Å². The van der Waals surface area contributed by atoms with Crippen LogP contribution in [0.1, 0.15) is 38.2 Å². The van der Waals surface area contributed by atoms with Crippen molar-refractivity contribution in [2.75, 3.05) is 31.1 Å². The fourth-order valence-electron chi connectivity index (χ4n) is 3.15. The molecule has 128 valence electrons. The molecule has 0 saturated carbocycles. The van der Waals surface area contributed by atoms with Crippen LogP contribution in [0.15, 0.2) is 23.3 Å². The molecule has 2 saturated heterocycles. The van der Waals surface area contributed by atoms with Crippen molar-refractivity contribution < 1.29 is 0 Å². The van der Waals surface area contributed by atoms with Crippen LogP contribution in [-0.4, -0.2) is 42.0 Å². The van der Waals surface area contributed by atoms with Gasteiger partial charge in [-0.1, -0.05) is 13.0 Å². The fourth-order valence-corrected chi connectivity index (χ4v) is 3.15. The Morgan fingerprint density at radius 2 is 1.91 bits per heavy atom. The third-order valence-electron chi connectivity index (χ3n) is 4.77. The average molecular weight is 429 g/mol. The first kappa shape index (κ1) is 18.3. The predicted octanol–water partition coefficient (Wildman–Crippen LogP) is 2.85. The molecule has 2 N–H and O–H groups in total. The molecule has 23 heavy (non-hydrogen) atoms. The first-order valence-electron chi connectivity index (χ1n) is 8.47. The minimum atomic E-state index is 0. The van der Waals surface area contributed by atoms with Gasteiger partial charge in [0.25, 0.3) is 0 Å². The number of nitrogens with zero attached hydrogens (tertiary/aromatic N) is 4. The molecule has 2 aliphatic heterocycles. The fraction of sp³-hybridized carbons (Fsp3) is 0.647. The minimum absolute atomic E-state index is 0. The number of likely N-dealkylation sites (tertiary alicyclic amines) is 1. The molecule has 1 aromatic rings. The monoisotopic (exact) mass is 429 g/mol. The standard InChI is InChI=1S/C17H27N5.HI/c1-14-6-10-22(11-7-14)17(18)20-13-15-4-5-16(19-12-15)21-8-2-3-9-21;/h4-5,12,14H,2-3,6-11,13H2,1H3,(H2,18,20);1H. The van der Waals surface area contributed by atoms with E-state index in [1.807, 2.05) is 6.20 Å². The topological polar surface area (TPSA) is 57.8 Å². The van der Waals surface area contributed by atoms with Gasteiger partial charge in [0.05, 0.1) is 6.54 Å². The first-order valence-corrected chi connectivity index (χ1v) is 8.47. The lowest BCUT2D eigenvalue weighted by Gasteiger charge is -2.31. The highest BCUT2D eigenvalue weighted by molar-refractivity contribution is 14.0. The van der Waals surface area contributed by atoms with Crippen LogP contribution in [0.3, 0.4) is 0 Å². The molecule has 5 nitrogen and oxygen atoms in total. The molecule has 0 spiro atoms. The molecule has 0 radical (unpaired) electrons. The molecule has 2 fully saturated rings. The van der Waals surface area contributed by atoms with E-state index in [1.54, 1.807) is 0 Å². The Balaban J connectivity index is 0.00000192. The molecule has 3 rings (SSSR count). The van der Waals surface area contributed by atoms with Gasteiger partial charge in [0, 0.05) is 32.4 Å². The maximum atomic E-state index is 6.12. The van der Waals surface area contributed by atoms with Gasteiger partial charge in [-0.05, 0) is 43.2 Å². The Labute approximate surface area is 156 Å². The lowest BCUT2D eigenvalue weighted by molar-refractivity contribution is 0.277. The van der Waals surface area contributed by atoms with Gasteiger partial charge in [-0.3, -0.25) is 0 Å². The Kier molecular flexibility index (Phi) is 6.92. The summed E-state index contributed by atoms with van der Waals surface area (Å²) >= 11 is 0. The lowest BCUT2D eigenvalue weighted by atomic mass is 10.00. The number of rotatable bonds is 3. The molecule has 0 amide bonds. The van der Waals surface area contributed by atoms with Gasteiger partial charge in [-0.15, -0.1) is 24.0 Å². The number of piperidine rings is 1. The highest BCUT2D eigenvalue weighted by atomic mass is 127. The number of aromatic nitrogens is 1. The number of guanidine groups is 1. The Morgan fingerprint density at radius 3 is 2.52 bits per heavy atom. The quantitative estimate of drug-likeness (QED) is 0.456. The number of pyridine rings is 1. The van der Waals surface area contributed by atoms with E-state index in [0.29, 0.717) is 12.5 Å². The van der Waals surface area contributed by atoms with Crippen molar-refractivity contribution in [1.82, 2.24) is 9.88 Å². The van der Waals surface area contributed by atoms with Crippen molar-refractivity contribution >= 4 is 35.8 Å². The van der Waals surface area contributed by atoms with E-state index >= 15 is 0 Å². The van der Waals surface area contributed by atoms with Crippen LogP contribution >= 0.6 is 24.0 Å². The van der Waals surface area contributed by atoms with E-state index in [4.69, 9.17) is 5.73 Å². The highest BCUT2D eigenvalue weighted by Crippen LogP contribution is 2.18. The smallest absolute Gasteiger partial charge is 0.191 e. The summed E-state index contributed by atoms with van der Waals surface area (Å²) in [5, 5.41) is 0. The van der Waals surface area contributed by atoms with E-state index in [-0.39, 0.29) is 24.0 Å². The van der Waals surface area contributed by atoms with Crippen LogP contribution in [0.25, 0.3) is 0 Å². The molecule has 0 aromatic carbocycles. The summed E-state index contributed by atoms with van der Waals surface area (Å²) < 4.78 is 0. The second-order valence-corrected chi connectivity index (χ2v) is 6.56. The van der Waals surface area contributed by atoms with Crippen molar-refractivity contribution in [2.24, 2.45) is 16.6 Å². The predicted molar refractivity (Wildman–Crippen MR) is 106 cm³/mol. The molecular formula is C17H28IN5. The second-order valence-electron chi connectivity index (χ2n) is 6.56. The summed E-state index contributed by atoms with van der Waals surface area (Å²) in [6.07, 6.45) is 6.91. The summed E-state index contributed by atoms with van der Waals surface area (Å²) in [7, 11) is 0. The Morgan fingerprint density at radius 1 is 1.22 bits per heavy atom. The number of anilines is 1. The van der Waals surface area contributed by atoms with Crippen molar-refractivity contribution in [3.63, 3.8) is 0 Å². The molecule has 0 bridgehead atoms. The van der Waals surface area contributed by atoms with Crippen LogP contribution in [0.4, 0.5) is 5.82 Å². The van der Waals surface area contributed by atoms with Crippen LogP contribution in [-0.2, 0) is 6.54 Å². The van der Waals surface area contributed by atoms with Gasteiger partial charge in [-0.25, -0.2) is 9.98 Å². The van der Waals surface area contributed by atoms with E-state index in [9.17, 15) is 0 Å². The van der Waals surface area contributed by atoms with Crippen LogP contribution in [0, 0.1) is 5.92 Å². The summed E-state index contributed by atoms with van der Waals surface area (Å²) in [5.41, 5.74) is 7.24. The Hall–Kier alpha value is -1.05. The molecule has 0 unspecified atom stereocenters. The van der Waals surface area contributed by atoms with Crippen molar-refractivity contribution in [1.29, 1.82) is 0 Å².